The van der Waals surface area contributed by atoms with Crippen LogP contribution in [0.4, 0.5) is 26.3 Å². The van der Waals surface area contributed by atoms with E-state index in [1.54, 1.807) is 0 Å². The van der Waals surface area contributed by atoms with Gasteiger partial charge in [0.05, 0.1) is 18.0 Å². The van der Waals surface area contributed by atoms with Crippen LogP contribution < -0.4 is 10.3 Å². The minimum Gasteiger partial charge on any atom is -0.493 e. The molecule has 2 aromatic carbocycles. The van der Waals surface area contributed by atoms with Crippen LogP contribution >= 0.6 is 0 Å². The number of ether oxygens (including phenoxy) is 2. The van der Waals surface area contributed by atoms with E-state index in [-0.39, 0.29) is 22.3 Å². The number of benzene rings is 2. The van der Waals surface area contributed by atoms with Crippen LogP contribution in [0.5, 0.6) is 5.75 Å². The fourth-order valence-corrected chi connectivity index (χ4v) is 4.55. The molecular weight excluding hydrogens is 466 g/mol. The minimum atomic E-state index is -4.84. The Hall–Kier alpha value is -3.08. The molecule has 34 heavy (non-hydrogen) atoms. The summed E-state index contributed by atoms with van der Waals surface area (Å²) in [6.07, 6.45) is -6.34. The summed E-state index contributed by atoms with van der Waals surface area (Å²) in [7, 11) is 2.34. The lowest BCUT2D eigenvalue weighted by molar-refractivity contribution is -0.275. The predicted molar refractivity (Wildman–Crippen MR) is 110 cm³/mol. The van der Waals surface area contributed by atoms with Gasteiger partial charge in [0.1, 0.15) is 17.7 Å². The standard InChI is InChI=1S/C23H20F6N2O3/c1-10-16(12-6-7-14(25)17(26)18(12)33-4)19(34-22(10,2)23(27,28)29)20-30-15-8-5-11(24)9-13(15)21(32)31(20)3/h5-10,16,19H,1-4H3/t10-,16-,19+,22+/m0/s1. The molecule has 1 saturated heterocycles. The van der Waals surface area contributed by atoms with Gasteiger partial charge < -0.3 is 9.47 Å². The summed E-state index contributed by atoms with van der Waals surface area (Å²) in [5, 5.41) is -0.0714. The first-order chi connectivity index (χ1) is 15.8. The maximum absolute atomic E-state index is 14.5. The molecule has 1 aliphatic heterocycles. The Morgan fingerprint density at radius 2 is 1.82 bits per heavy atom. The summed E-state index contributed by atoms with van der Waals surface area (Å²) < 4.78 is 96.1. The molecule has 0 spiro atoms. The Kier molecular flexibility index (Phi) is 5.66. The highest BCUT2D eigenvalue weighted by atomic mass is 19.4. The van der Waals surface area contributed by atoms with Crippen LogP contribution in [0.2, 0.25) is 0 Å². The van der Waals surface area contributed by atoms with Gasteiger partial charge in [-0.15, -0.1) is 0 Å². The molecular formula is C23H20F6N2O3. The summed E-state index contributed by atoms with van der Waals surface area (Å²) in [6.45, 7) is 2.12. The number of alkyl halides is 3. The highest BCUT2D eigenvalue weighted by Gasteiger charge is 2.65. The number of hydrogen-bond donors (Lipinski definition) is 0. The van der Waals surface area contributed by atoms with Crippen LogP contribution in [0.25, 0.3) is 10.9 Å². The van der Waals surface area contributed by atoms with Crippen molar-refractivity contribution in [1.82, 2.24) is 9.55 Å². The first kappa shape index (κ1) is 24.1. The molecule has 0 bridgehead atoms. The van der Waals surface area contributed by atoms with Gasteiger partial charge in [0.2, 0.25) is 5.82 Å². The van der Waals surface area contributed by atoms with E-state index in [1.807, 2.05) is 0 Å². The van der Waals surface area contributed by atoms with E-state index < -0.39 is 58.5 Å². The zero-order valence-corrected chi connectivity index (χ0v) is 18.5. The number of aromatic nitrogens is 2. The first-order valence-corrected chi connectivity index (χ1v) is 10.2. The summed E-state index contributed by atoms with van der Waals surface area (Å²) in [6, 6.07) is 5.18. The minimum absolute atomic E-state index is 0.0485. The summed E-state index contributed by atoms with van der Waals surface area (Å²) in [5.74, 6) is -6.57. The van der Waals surface area contributed by atoms with E-state index in [0.717, 1.165) is 42.9 Å². The van der Waals surface area contributed by atoms with Crippen molar-refractivity contribution in [3.8, 4) is 5.75 Å². The average molecular weight is 486 g/mol. The van der Waals surface area contributed by atoms with Gasteiger partial charge in [0.25, 0.3) is 5.56 Å². The molecule has 11 heteroatoms. The van der Waals surface area contributed by atoms with Gasteiger partial charge in [0, 0.05) is 24.4 Å². The van der Waals surface area contributed by atoms with Crippen molar-refractivity contribution in [3.63, 3.8) is 0 Å². The first-order valence-electron chi connectivity index (χ1n) is 10.2. The number of rotatable bonds is 3. The topological polar surface area (TPSA) is 53.3 Å². The van der Waals surface area contributed by atoms with E-state index in [4.69, 9.17) is 9.47 Å². The number of nitrogens with zero attached hydrogens (tertiary/aromatic N) is 2. The van der Waals surface area contributed by atoms with E-state index in [9.17, 15) is 31.1 Å². The summed E-state index contributed by atoms with van der Waals surface area (Å²) in [5.41, 5.74) is -3.44. The second-order valence-corrected chi connectivity index (χ2v) is 8.44. The van der Waals surface area contributed by atoms with Crippen LogP contribution in [-0.2, 0) is 11.8 Å². The molecule has 4 rings (SSSR count). The third-order valence-corrected chi connectivity index (χ3v) is 6.64. The molecule has 0 saturated carbocycles. The normalized spacial score (nSPS) is 25.2. The molecule has 0 amide bonds. The zero-order chi connectivity index (χ0) is 25.2. The van der Waals surface area contributed by atoms with Crippen molar-refractivity contribution in [2.24, 2.45) is 13.0 Å². The number of methoxy groups -OCH3 is 1. The molecule has 4 atom stereocenters. The van der Waals surface area contributed by atoms with Gasteiger partial charge in [-0.25, -0.2) is 13.8 Å². The fraction of sp³-hybridized carbons (Fsp3) is 0.391. The Balaban J connectivity index is 2.01. The Labute approximate surface area is 189 Å². The van der Waals surface area contributed by atoms with E-state index >= 15 is 0 Å². The van der Waals surface area contributed by atoms with Crippen LogP contribution in [0, 0.1) is 23.4 Å². The monoisotopic (exact) mass is 486 g/mol. The third-order valence-electron chi connectivity index (χ3n) is 6.64. The third kappa shape index (κ3) is 3.44. The number of fused-ring (bicyclic) bond motifs is 1. The number of hydrogen-bond acceptors (Lipinski definition) is 4. The maximum Gasteiger partial charge on any atom is 0.417 e. The Morgan fingerprint density at radius 3 is 2.44 bits per heavy atom. The molecule has 3 aromatic rings. The second kappa shape index (κ2) is 8.00. The van der Waals surface area contributed by atoms with Crippen LogP contribution in [0.1, 0.15) is 37.3 Å². The molecule has 5 nitrogen and oxygen atoms in total. The average Bonchev–Trinajstić information content (AvgIpc) is 3.04. The Morgan fingerprint density at radius 1 is 1.15 bits per heavy atom. The second-order valence-electron chi connectivity index (χ2n) is 8.44. The van der Waals surface area contributed by atoms with Crippen molar-refractivity contribution in [1.29, 1.82) is 0 Å². The molecule has 2 heterocycles. The SMILES string of the molecule is COc1c([C@H]2[C@H](c3nc4ccc(F)cc4c(=O)n3C)O[C@@](C)(C(F)(F)F)[C@H]2C)ccc(F)c1F. The lowest BCUT2D eigenvalue weighted by atomic mass is 9.77. The van der Waals surface area contributed by atoms with Crippen LogP contribution in [0.15, 0.2) is 35.1 Å². The summed E-state index contributed by atoms with van der Waals surface area (Å²) >= 11 is 0. The zero-order valence-electron chi connectivity index (χ0n) is 18.5. The van der Waals surface area contributed by atoms with Crippen molar-refractivity contribution in [2.45, 2.75) is 37.6 Å². The summed E-state index contributed by atoms with van der Waals surface area (Å²) in [4.78, 5) is 17.2. The molecule has 1 aromatic heterocycles. The van der Waals surface area contributed by atoms with Crippen molar-refractivity contribution in [3.05, 3.63) is 69.5 Å². The van der Waals surface area contributed by atoms with E-state index in [0.29, 0.717) is 0 Å². The largest absolute Gasteiger partial charge is 0.493 e. The van der Waals surface area contributed by atoms with Crippen molar-refractivity contribution in [2.75, 3.05) is 7.11 Å². The smallest absolute Gasteiger partial charge is 0.417 e. The lowest BCUT2D eigenvalue weighted by Gasteiger charge is -2.32. The predicted octanol–water partition coefficient (Wildman–Crippen LogP) is 5.17. The van der Waals surface area contributed by atoms with Gasteiger partial charge in [0.15, 0.2) is 17.2 Å². The van der Waals surface area contributed by atoms with Gasteiger partial charge in [-0.05, 0) is 31.2 Å². The number of halogens is 6. The van der Waals surface area contributed by atoms with Gasteiger partial charge >= 0.3 is 6.18 Å². The Bertz CT molecular complexity index is 1340. The lowest BCUT2D eigenvalue weighted by Crippen LogP contribution is -2.46. The van der Waals surface area contributed by atoms with Gasteiger partial charge in [-0.2, -0.15) is 17.6 Å². The van der Waals surface area contributed by atoms with Crippen LogP contribution in [-0.4, -0.2) is 28.4 Å². The quantitative estimate of drug-likeness (QED) is 0.480. The van der Waals surface area contributed by atoms with Crippen molar-refractivity contribution < 1.29 is 35.8 Å². The maximum atomic E-state index is 14.5. The molecule has 0 aliphatic carbocycles. The molecule has 0 radical (unpaired) electrons. The molecule has 0 N–H and O–H groups in total. The molecule has 1 fully saturated rings. The van der Waals surface area contributed by atoms with Gasteiger partial charge in [-0.3, -0.25) is 9.36 Å². The highest BCUT2D eigenvalue weighted by Crippen LogP contribution is 2.59. The van der Waals surface area contributed by atoms with E-state index in [2.05, 4.69) is 4.98 Å². The van der Waals surface area contributed by atoms with Gasteiger partial charge in [-0.1, -0.05) is 13.0 Å². The van der Waals surface area contributed by atoms with Crippen LogP contribution in [0.3, 0.4) is 0 Å². The molecule has 182 valence electrons. The van der Waals surface area contributed by atoms with Crippen molar-refractivity contribution >= 4 is 10.9 Å². The molecule has 1 aliphatic rings. The fourth-order valence-electron chi connectivity index (χ4n) is 4.55. The molecule has 0 unspecified atom stereocenters. The highest BCUT2D eigenvalue weighted by molar-refractivity contribution is 5.77. The van der Waals surface area contributed by atoms with E-state index in [1.165, 1.54) is 20.0 Å².